The molecule has 3 rings (SSSR count). The summed E-state index contributed by atoms with van der Waals surface area (Å²) in [5.41, 5.74) is 0.489. The first-order valence-corrected chi connectivity index (χ1v) is 8.34. The molecule has 2 fully saturated rings. The van der Waals surface area contributed by atoms with Crippen molar-refractivity contribution in [3.05, 3.63) is 33.8 Å². The van der Waals surface area contributed by atoms with Crippen LogP contribution in [-0.2, 0) is 19.1 Å². The van der Waals surface area contributed by atoms with Gasteiger partial charge in [0.1, 0.15) is 11.3 Å². The van der Waals surface area contributed by atoms with E-state index in [-0.39, 0.29) is 5.57 Å². The molecular weight excluding hydrogens is 364 g/mol. The van der Waals surface area contributed by atoms with E-state index in [9.17, 15) is 9.59 Å². The van der Waals surface area contributed by atoms with Gasteiger partial charge in [-0.15, -0.1) is 0 Å². The molecule has 0 unspecified atom stereocenters. The van der Waals surface area contributed by atoms with E-state index in [4.69, 9.17) is 14.2 Å². The van der Waals surface area contributed by atoms with Crippen LogP contribution in [0, 0.1) is 0 Å². The number of methoxy groups -OCH3 is 1. The summed E-state index contributed by atoms with van der Waals surface area (Å²) in [6.07, 6.45) is 5.42. The molecule has 122 valence electrons. The van der Waals surface area contributed by atoms with E-state index in [1.54, 1.807) is 12.1 Å². The summed E-state index contributed by atoms with van der Waals surface area (Å²) in [6, 6.07) is 5.32. The molecule has 1 aromatic rings. The van der Waals surface area contributed by atoms with Gasteiger partial charge >= 0.3 is 11.9 Å². The summed E-state index contributed by atoms with van der Waals surface area (Å²) in [6.45, 7) is 0. The molecule has 0 radical (unpaired) electrons. The zero-order valence-corrected chi connectivity index (χ0v) is 14.4. The van der Waals surface area contributed by atoms with Gasteiger partial charge in [0, 0.05) is 22.9 Å². The van der Waals surface area contributed by atoms with Gasteiger partial charge in [-0.2, -0.15) is 0 Å². The standard InChI is InChI=1S/C17H17BrO5/c1-21-14-6-5-12(18)9-11(14)10-13-15(19)22-17(23-16(13)20)7-3-2-4-8-17/h5-6,9-10H,2-4,7-8H2,1H3. The van der Waals surface area contributed by atoms with Crippen molar-refractivity contribution in [1.29, 1.82) is 0 Å². The Balaban J connectivity index is 1.91. The highest BCUT2D eigenvalue weighted by Gasteiger charge is 2.46. The SMILES string of the molecule is COc1ccc(Br)cc1C=C1C(=O)OC2(CCCCC2)OC1=O. The van der Waals surface area contributed by atoms with Gasteiger partial charge in [0.15, 0.2) is 0 Å². The van der Waals surface area contributed by atoms with Gasteiger partial charge in [-0.3, -0.25) is 0 Å². The molecule has 0 bridgehead atoms. The Hall–Kier alpha value is -1.82. The van der Waals surface area contributed by atoms with Gasteiger partial charge in [-0.1, -0.05) is 22.4 Å². The number of esters is 2. The molecule has 6 heteroatoms. The zero-order valence-electron chi connectivity index (χ0n) is 12.8. The Kier molecular flexibility index (Phi) is 4.43. The van der Waals surface area contributed by atoms with Crippen molar-refractivity contribution < 1.29 is 23.8 Å². The quantitative estimate of drug-likeness (QED) is 0.445. The minimum atomic E-state index is -1.06. The molecule has 1 saturated heterocycles. The van der Waals surface area contributed by atoms with Crippen LogP contribution in [0.3, 0.4) is 0 Å². The predicted octanol–water partition coefficient (Wildman–Crippen LogP) is 3.60. The Morgan fingerprint density at radius 3 is 2.39 bits per heavy atom. The topological polar surface area (TPSA) is 61.8 Å². The number of hydrogen-bond acceptors (Lipinski definition) is 5. The smallest absolute Gasteiger partial charge is 0.348 e. The summed E-state index contributed by atoms with van der Waals surface area (Å²) in [7, 11) is 1.53. The zero-order chi connectivity index (χ0) is 16.4. The van der Waals surface area contributed by atoms with E-state index in [0.717, 1.165) is 23.7 Å². The van der Waals surface area contributed by atoms with Gasteiger partial charge in [-0.25, -0.2) is 9.59 Å². The van der Waals surface area contributed by atoms with Crippen molar-refractivity contribution in [1.82, 2.24) is 0 Å². The summed E-state index contributed by atoms with van der Waals surface area (Å²) in [5.74, 6) is -1.78. The predicted molar refractivity (Wildman–Crippen MR) is 86.7 cm³/mol. The molecule has 0 aromatic heterocycles. The van der Waals surface area contributed by atoms with Crippen LogP contribution in [0.4, 0.5) is 0 Å². The average Bonchev–Trinajstić information content (AvgIpc) is 2.52. The van der Waals surface area contributed by atoms with Crippen molar-refractivity contribution >= 4 is 33.9 Å². The first kappa shape index (κ1) is 16.1. The first-order chi connectivity index (χ1) is 11.0. The molecule has 1 aromatic carbocycles. The number of hydrogen-bond donors (Lipinski definition) is 0. The van der Waals surface area contributed by atoms with Crippen LogP contribution in [-0.4, -0.2) is 24.8 Å². The lowest BCUT2D eigenvalue weighted by Gasteiger charge is -2.38. The lowest BCUT2D eigenvalue weighted by atomic mass is 9.93. The van der Waals surface area contributed by atoms with Crippen LogP contribution in [0.1, 0.15) is 37.7 Å². The van der Waals surface area contributed by atoms with E-state index >= 15 is 0 Å². The third-order valence-corrected chi connectivity index (χ3v) is 4.60. The van der Waals surface area contributed by atoms with E-state index in [0.29, 0.717) is 24.2 Å². The maximum atomic E-state index is 12.3. The van der Waals surface area contributed by atoms with Crippen molar-refractivity contribution in [2.45, 2.75) is 37.9 Å². The normalized spacial score (nSPS) is 20.0. The second-order valence-corrected chi connectivity index (χ2v) is 6.61. The fourth-order valence-corrected chi connectivity index (χ4v) is 3.32. The lowest BCUT2D eigenvalue weighted by Crippen LogP contribution is -2.47. The van der Waals surface area contributed by atoms with E-state index in [1.165, 1.54) is 13.2 Å². The number of carbonyl (C=O) groups is 2. The molecule has 0 N–H and O–H groups in total. The second kappa shape index (κ2) is 6.35. The molecule has 0 amide bonds. The van der Waals surface area contributed by atoms with Crippen LogP contribution >= 0.6 is 15.9 Å². The van der Waals surface area contributed by atoms with E-state index < -0.39 is 17.7 Å². The Bertz CT molecular complexity index is 652. The highest BCUT2D eigenvalue weighted by Crippen LogP contribution is 2.37. The summed E-state index contributed by atoms with van der Waals surface area (Å²) in [4.78, 5) is 24.6. The maximum Gasteiger partial charge on any atom is 0.348 e. The van der Waals surface area contributed by atoms with Crippen molar-refractivity contribution in [3.8, 4) is 5.75 Å². The third kappa shape index (κ3) is 3.27. The van der Waals surface area contributed by atoms with Gasteiger partial charge in [0.2, 0.25) is 0 Å². The molecule has 5 nitrogen and oxygen atoms in total. The van der Waals surface area contributed by atoms with Crippen LogP contribution < -0.4 is 4.74 Å². The number of rotatable bonds is 2. The Morgan fingerprint density at radius 1 is 1.13 bits per heavy atom. The van der Waals surface area contributed by atoms with Gasteiger partial charge in [0.25, 0.3) is 5.79 Å². The second-order valence-electron chi connectivity index (χ2n) is 5.69. The highest BCUT2D eigenvalue weighted by atomic mass is 79.9. The molecule has 1 aliphatic carbocycles. The molecule has 2 aliphatic rings. The van der Waals surface area contributed by atoms with E-state index in [2.05, 4.69) is 15.9 Å². The summed E-state index contributed by atoms with van der Waals surface area (Å²) < 4.78 is 17.0. The average molecular weight is 381 g/mol. The van der Waals surface area contributed by atoms with Crippen molar-refractivity contribution in [2.24, 2.45) is 0 Å². The molecule has 0 atom stereocenters. The third-order valence-electron chi connectivity index (χ3n) is 4.10. The number of ether oxygens (including phenoxy) is 3. The Morgan fingerprint density at radius 2 is 1.78 bits per heavy atom. The van der Waals surface area contributed by atoms with Gasteiger partial charge in [-0.05, 0) is 37.1 Å². The minimum Gasteiger partial charge on any atom is -0.496 e. The van der Waals surface area contributed by atoms with Crippen molar-refractivity contribution in [3.63, 3.8) is 0 Å². The highest BCUT2D eigenvalue weighted by molar-refractivity contribution is 9.10. The Labute approximate surface area is 142 Å². The minimum absolute atomic E-state index is 0.113. The fraction of sp³-hybridized carbons (Fsp3) is 0.412. The lowest BCUT2D eigenvalue weighted by molar-refractivity contribution is -0.244. The number of benzene rings is 1. The van der Waals surface area contributed by atoms with Crippen LogP contribution in [0.25, 0.3) is 6.08 Å². The van der Waals surface area contributed by atoms with Crippen LogP contribution in [0.5, 0.6) is 5.75 Å². The molecular formula is C17H17BrO5. The molecule has 1 spiro atoms. The first-order valence-electron chi connectivity index (χ1n) is 7.55. The maximum absolute atomic E-state index is 12.3. The fourth-order valence-electron chi connectivity index (χ4n) is 2.94. The van der Waals surface area contributed by atoms with Crippen LogP contribution in [0.15, 0.2) is 28.2 Å². The van der Waals surface area contributed by atoms with Gasteiger partial charge < -0.3 is 14.2 Å². The summed E-state index contributed by atoms with van der Waals surface area (Å²) >= 11 is 3.36. The monoisotopic (exact) mass is 380 g/mol. The molecule has 23 heavy (non-hydrogen) atoms. The molecule has 1 saturated carbocycles. The van der Waals surface area contributed by atoms with Crippen LogP contribution in [0.2, 0.25) is 0 Å². The number of halogens is 1. The van der Waals surface area contributed by atoms with Gasteiger partial charge in [0.05, 0.1) is 7.11 Å². The molecule has 1 heterocycles. The van der Waals surface area contributed by atoms with E-state index in [1.807, 2.05) is 6.07 Å². The largest absolute Gasteiger partial charge is 0.496 e. The number of carbonyl (C=O) groups excluding carboxylic acids is 2. The molecule has 1 aliphatic heterocycles. The summed E-state index contributed by atoms with van der Waals surface area (Å²) in [5, 5.41) is 0. The van der Waals surface area contributed by atoms with Crippen molar-refractivity contribution in [2.75, 3.05) is 7.11 Å².